The molecule has 0 saturated heterocycles. The number of ether oxygens (including phenoxy) is 2. The second-order valence-electron chi connectivity index (χ2n) is 3.71. The molecule has 16 heavy (non-hydrogen) atoms. The average Bonchev–Trinajstić information content (AvgIpc) is 2.31. The molecule has 1 aliphatic rings. The van der Waals surface area contributed by atoms with Gasteiger partial charge in [-0.15, -0.1) is 0 Å². The molecule has 1 aliphatic carbocycles. The summed E-state index contributed by atoms with van der Waals surface area (Å²) in [6.45, 7) is 0.590. The number of hydrogen-bond acceptors (Lipinski definition) is 2. The van der Waals surface area contributed by atoms with E-state index >= 15 is 0 Å². The van der Waals surface area contributed by atoms with Crippen molar-refractivity contribution in [3.05, 3.63) is 48.0 Å². The second-order valence-corrected chi connectivity index (χ2v) is 3.71. The summed E-state index contributed by atoms with van der Waals surface area (Å²) in [7, 11) is 1.68. The molecule has 0 aliphatic heterocycles. The molecule has 3 nitrogen and oxygen atoms in total. The Morgan fingerprint density at radius 1 is 1.38 bits per heavy atom. The van der Waals surface area contributed by atoms with Gasteiger partial charge in [-0.2, -0.15) is 0 Å². The fraction of sp³-hybridized carbons (Fsp3) is 0.308. The maximum Gasteiger partial charge on any atom is 0.210 e. The van der Waals surface area contributed by atoms with Gasteiger partial charge in [0.1, 0.15) is 5.76 Å². The average molecular weight is 218 g/mol. The molecular weight excluding hydrogens is 202 g/mol. The van der Waals surface area contributed by atoms with Crippen molar-refractivity contribution in [2.24, 2.45) is 0 Å². The predicted octanol–water partition coefficient (Wildman–Crippen LogP) is 2.26. The Morgan fingerprint density at radius 2 is 2.31 bits per heavy atom. The molecular formula is C13H16NO2+. The van der Waals surface area contributed by atoms with Gasteiger partial charge < -0.3 is 9.47 Å². The molecule has 1 aromatic heterocycles. The van der Waals surface area contributed by atoms with E-state index in [2.05, 4.69) is 11.1 Å². The first kappa shape index (κ1) is 10.9. The Hall–Kier alpha value is -1.61. The minimum Gasteiger partial charge on any atom is -0.455 e. The molecule has 0 unspecified atom stereocenters. The van der Waals surface area contributed by atoms with Gasteiger partial charge in [0, 0.05) is 19.1 Å². The SMILES string of the molecule is COCc1c[nH+]cc(OC2=CC=CCC2)c1. The van der Waals surface area contributed by atoms with Crippen LogP contribution in [0.1, 0.15) is 18.4 Å². The molecule has 1 heterocycles. The van der Waals surface area contributed by atoms with Gasteiger partial charge in [-0.25, -0.2) is 4.98 Å². The first-order valence-corrected chi connectivity index (χ1v) is 5.41. The van der Waals surface area contributed by atoms with E-state index in [0.717, 1.165) is 29.9 Å². The summed E-state index contributed by atoms with van der Waals surface area (Å²) in [5.41, 5.74) is 1.08. The smallest absolute Gasteiger partial charge is 0.210 e. The van der Waals surface area contributed by atoms with Crippen molar-refractivity contribution in [2.75, 3.05) is 7.11 Å². The highest BCUT2D eigenvalue weighted by Crippen LogP contribution is 2.18. The lowest BCUT2D eigenvalue weighted by atomic mass is 10.2. The van der Waals surface area contributed by atoms with Crippen LogP contribution in [-0.4, -0.2) is 7.11 Å². The first-order chi connectivity index (χ1) is 7.88. The van der Waals surface area contributed by atoms with E-state index in [1.807, 2.05) is 30.6 Å². The van der Waals surface area contributed by atoms with Crippen molar-refractivity contribution in [1.29, 1.82) is 0 Å². The third-order valence-electron chi connectivity index (χ3n) is 2.36. The van der Waals surface area contributed by atoms with Gasteiger partial charge in [-0.3, -0.25) is 0 Å². The molecule has 84 valence electrons. The Morgan fingerprint density at radius 3 is 3.06 bits per heavy atom. The summed E-state index contributed by atoms with van der Waals surface area (Å²) in [5.74, 6) is 1.83. The summed E-state index contributed by atoms with van der Waals surface area (Å²) in [6.07, 6.45) is 11.9. The lowest BCUT2D eigenvalue weighted by Gasteiger charge is -2.09. The molecule has 0 radical (unpaired) electrons. The normalized spacial score (nSPS) is 14.7. The lowest BCUT2D eigenvalue weighted by molar-refractivity contribution is -0.379. The summed E-state index contributed by atoms with van der Waals surface area (Å²) < 4.78 is 10.8. The highest BCUT2D eigenvalue weighted by atomic mass is 16.5. The fourth-order valence-corrected chi connectivity index (χ4v) is 1.62. The zero-order chi connectivity index (χ0) is 11.2. The molecule has 0 bridgehead atoms. The topological polar surface area (TPSA) is 32.6 Å². The van der Waals surface area contributed by atoms with E-state index in [1.54, 1.807) is 7.11 Å². The van der Waals surface area contributed by atoms with Crippen LogP contribution in [0, 0.1) is 0 Å². The monoisotopic (exact) mass is 218 g/mol. The number of aromatic nitrogens is 1. The van der Waals surface area contributed by atoms with E-state index < -0.39 is 0 Å². The van der Waals surface area contributed by atoms with Crippen LogP contribution in [0.15, 0.2) is 42.4 Å². The van der Waals surface area contributed by atoms with Gasteiger partial charge >= 0.3 is 0 Å². The number of H-pyrrole nitrogens is 1. The van der Waals surface area contributed by atoms with E-state index in [0.29, 0.717) is 6.61 Å². The summed E-state index contributed by atoms with van der Waals surface area (Å²) in [4.78, 5) is 3.05. The molecule has 0 fully saturated rings. The lowest BCUT2D eigenvalue weighted by Crippen LogP contribution is -2.06. The van der Waals surface area contributed by atoms with Gasteiger partial charge in [0.25, 0.3) is 0 Å². The van der Waals surface area contributed by atoms with Crippen LogP contribution in [0.2, 0.25) is 0 Å². The molecule has 2 rings (SSSR count). The van der Waals surface area contributed by atoms with Crippen LogP contribution in [0.4, 0.5) is 0 Å². The van der Waals surface area contributed by atoms with Gasteiger partial charge in [0.2, 0.25) is 6.20 Å². The molecule has 1 aromatic rings. The zero-order valence-electron chi connectivity index (χ0n) is 9.40. The Labute approximate surface area is 95.4 Å². The summed E-state index contributed by atoms with van der Waals surface area (Å²) in [5, 5.41) is 0. The molecule has 1 N–H and O–H groups in total. The maximum absolute atomic E-state index is 5.77. The number of hydrogen-bond donors (Lipinski definition) is 0. The summed E-state index contributed by atoms with van der Waals surface area (Å²) in [6, 6.07) is 1.99. The Bertz CT molecular complexity index is 410. The standard InChI is InChI=1S/C13H15NO2/c1-15-10-11-7-13(9-14-8-11)16-12-5-3-2-4-6-12/h2-3,5,7-9H,4,6,10H2,1H3/p+1. The van der Waals surface area contributed by atoms with E-state index in [9.17, 15) is 0 Å². The third-order valence-corrected chi connectivity index (χ3v) is 2.36. The predicted molar refractivity (Wildman–Crippen MR) is 60.8 cm³/mol. The zero-order valence-corrected chi connectivity index (χ0v) is 9.40. The van der Waals surface area contributed by atoms with E-state index in [1.165, 1.54) is 0 Å². The van der Waals surface area contributed by atoms with Crippen LogP contribution in [0.5, 0.6) is 5.75 Å². The molecule has 0 amide bonds. The van der Waals surface area contributed by atoms with Gasteiger partial charge in [0.15, 0.2) is 11.9 Å². The minimum absolute atomic E-state index is 0.590. The number of nitrogens with one attached hydrogen (secondary N) is 1. The van der Waals surface area contributed by atoms with Crippen LogP contribution < -0.4 is 9.72 Å². The largest absolute Gasteiger partial charge is 0.455 e. The van der Waals surface area contributed by atoms with E-state index in [4.69, 9.17) is 9.47 Å². The number of allylic oxidation sites excluding steroid dienone is 4. The highest BCUT2D eigenvalue weighted by molar-refractivity contribution is 5.24. The minimum atomic E-state index is 0.590. The Kier molecular flexibility index (Phi) is 3.72. The number of rotatable bonds is 4. The van der Waals surface area contributed by atoms with Crippen molar-refractivity contribution < 1.29 is 14.5 Å². The van der Waals surface area contributed by atoms with Gasteiger partial charge in [-0.1, -0.05) is 12.2 Å². The van der Waals surface area contributed by atoms with Crippen LogP contribution in [0.25, 0.3) is 0 Å². The van der Waals surface area contributed by atoms with Crippen LogP contribution >= 0.6 is 0 Å². The maximum atomic E-state index is 5.77. The van der Waals surface area contributed by atoms with Crippen molar-refractivity contribution in [3.63, 3.8) is 0 Å². The quantitative estimate of drug-likeness (QED) is 0.776. The second kappa shape index (κ2) is 5.47. The first-order valence-electron chi connectivity index (χ1n) is 5.41. The van der Waals surface area contributed by atoms with Crippen molar-refractivity contribution in [1.82, 2.24) is 0 Å². The van der Waals surface area contributed by atoms with E-state index in [-0.39, 0.29) is 0 Å². The summed E-state index contributed by atoms with van der Waals surface area (Å²) >= 11 is 0. The Balaban J connectivity index is 2.06. The van der Waals surface area contributed by atoms with Crippen LogP contribution in [0.3, 0.4) is 0 Å². The highest BCUT2D eigenvalue weighted by Gasteiger charge is 2.06. The third kappa shape index (κ3) is 2.94. The molecule has 0 saturated carbocycles. The molecule has 0 aromatic carbocycles. The molecule has 0 spiro atoms. The number of aromatic amines is 1. The van der Waals surface area contributed by atoms with Gasteiger partial charge in [-0.05, 0) is 18.6 Å². The number of pyridine rings is 1. The van der Waals surface area contributed by atoms with Crippen molar-refractivity contribution in [3.8, 4) is 5.75 Å². The van der Waals surface area contributed by atoms with Crippen molar-refractivity contribution in [2.45, 2.75) is 19.4 Å². The molecule has 3 heteroatoms. The fourth-order valence-electron chi connectivity index (χ4n) is 1.62. The van der Waals surface area contributed by atoms with Crippen LogP contribution in [-0.2, 0) is 11.3 Å². The molecule has 0 atom stereocenters. The van der Waals surface area contributed by atoms with Gasteiger partial charge in [0.05, 0.1) is 6.61 Å². The van der Waals surface area contributed by atoms with Crippen molar-refractivity contribution >= 4 is 0 Å². The number of methoxy groups -OCH3 is 1.